The number of rotatable bonds is 7. The third-order valence-corrected chi connectivity index (χ3v) is 3.91. The number of hydrogen-bond acceptors (Lipinski definition) is 4. The average molecular weight is 370 g/mol. The maximum Gasteiger partial charge on any atom is 0.330 e. The Kier molecular flexibility index (Phi) is 7.29. The van der Waals surface area contributed by atoms with Gasteiger partial charge in [-0.2, -0.15) is 0 Å². The lowest BCUT2D eigenvalue weighted by atomic mass is 9.97. The number of ether oxygens (including phenoxy) is 2. The van der Waals surface area contributed by atoms with Crippen LogP contribution in [0.4, 0.5) is 4.39 Å². The Bertz CT molecular complexity index is 823. The van der Waals surface area contributed by atoms with Crippen molar-refractivity contribution in [1.82, 2.24) is 0 Å². The van der Waals surface area contributed by atoms with Crippen molar-refractivity contribution in [3.63, 3.8) is 0 Å². The summed E-state index contributed by atoms with van der Waals surface area (Å²) in [5.74, 6) is -2.00. The normalized spacial score (nSPS) is 11.4. The van der Waals surface area contributed by atoms with E-state index in [2.05, 4.69) is 0 Å². The molecular weight excluding hydrogens is 347 g/mol. The Balaban J connectivity index is 1.92. The summed E-state index contributed by atoms with van der Waals surface area (Å²) < 4.78 is 24.5. The third-order valence-electron chi connectivity index (χ3n) is 3.91. The van der Waals surface area contributed by atoms with Crippen molar-refractivity contribution in [2.75, 3.05) is 13.2 Å². The summed E-state index contributed by atoms with van der Waals surface area (Å²) >= 11 is 0. The van der Waals surface area contributed by atoms with E-state index in [9.17, 15) is 14.0 Å². The number of carbonyl (C=O) groups is 2. The molecule has 2 aromatic rings. The summed E-state index contributed by atoms with van der Waals surface area (Å²) in [5.41, 5.74) is 2.60. The van der Waals surface area contributed by atoms with Crippen LogP contribution in [-0.2, 0) is 19.1 Å². The van der Waals surface area contributed by atoms with Gasteiger partial charge in [0.15, 0.2) is 0 Å². The number of allylic oxidation sites excluding steroid dienone is 1. The second kappa shape index (κ2) is 9.67. The molecular formula is C22H23FO4. The highest BCUT2D eigenvalue weighted by Crippen LogP contribution is 2.26. The Labute approximate surface area is 158 Å². The summed E-state index contributed by atoms with van der Waals surface area (Å²) in [7, 11) is 0. The molecule has 0 spiro atoms. The number of hydrogen-bond donors (Lipinski definition) is 0. The summed E-state index contributed by atoms with van der Waals surface area (Å²) in [6, 6.07) is 13.9. The molecule has 0 heterocycles. The largest absolute Gasteiger partial charge is 0.462 e. The molecule has 4 nitrogen and oxygen atoms in total. The first-order valence-corrected chi connectivity index (χ1v) is 8.71. The first kappa shape index (κ1) is 20.4. The van der Waals surface area contributed by atoms with E-state index in [1.807, 2.05) is 30.3 Å². The SMILES string of the molecule is CC(C)=CC(=O)OCCOC(=O)C(C)c1ccc(-c2ccccc2)c(F)c1. The highest BCUT2D eigenvalue weighted by atomic mass is 19.1. The van der Waals surface area contributed by atoms with Gasteiger partial charge < -0.3 is 9.47 Å². The van der Waals surface area contributed by atoms with E-state index in [-0.39, 0.29) is 13.2 Å². The lowest BCUT2D eigenvalue weighted by molar-refractivity contribution is -0.150. The van der Waals surface area contributed by atoms with E-state index >= 15 is 0 Å². The number of halogens is 1. The van der Waals surface area contributed by atoms with Gasteiger partial charge in [0.1, 0.15) is 19.0 Å². The Morgan fingerprint density at radius 3 is 2.33 bits per heavy atom. The molecule has 5 heteroatoms. The fraction of sp³-hybridized carbons (Fsp3) is 0.273. The Morgan fingerprint density at radius 2 is 1.70 bits per heavy atom. The molecule has 142 valence electrons. The molecule has 0 saturated heterocycles. The van der Waals surface area contributed by atoms with Crippen molar-refractivity contribution in [3.8, 4) is 11.1 Å². The molecule has 27 heavy (non-hydrogen) atoms. The fourth-order valence-electron chi connectivity index (χ4n) is 2.48. The highest BCUT2D eigenvalue weighted by molar-refractivity contribution is 5.82. The first-order valence-electron chi connectivity index (χ1n) is 8.71. The van der Waals surface area contributed by atoms with Crippen LogP contribution in [0.1, 0.15) is 32.3 Å². The standard InChI is InChI=1S/C22H23FO4/c1-15(2)13-21(24)26-11-12-27-22(25)16(3)18-9-10-19(20(23)14-18)17-7-5-4-6-8-17/h4-10,13-14,16H,11-12H2,1-3H3. The van der Waals surface area contributed by atoms with Crippen LogP contribution in [-0.4, -0.2) is 25.2 Å². The van der Waals surface area contributed by atoms with Crippen LogP contribution in [0.2, 0.25) is 0 Å². The molecule has 0 amide bonds. The second-order valence-corrected chi connectivity index (χ2v) is 6.38. The zero-order chi connectivity index (χ0) is 19.8. The molecule has 0 bridgehead atoms. The second-order valence-electron chi connectivity index (χ2n) is 6.38. The Hall–Kier alpha value is -2.95. The monoisotopic (exact) mass is 370 g/mol. The number of benzene rings is 2. The highest BCUT2D eigenvalue weighted by Gasteiger charge is 2.18. The van der Waals surface area contributed by atoms with Crippen LogP contribution in [0.15, 0.2) is 60.2 Å². The predicted molar refractivity (Wildman–Crippen MR) is 102 cm³/mol. The topological polar surface area (TPSA) is 52.6 Å². The van der Waals surface area contributed by atoms with Crippen molar-refractivity contribution in [2.24, 2.45) is 0 Å². The molecule has 0 aliphatic carbocycles. The molecule has 1 atom stereocenters. The lowest BCUT2D eigenvalue weighted by Gasteiger charge is -2.13. The number of carbonyl (C=O) groups excluding carboxylic acids is 2. The lowest BCUT2D eigenvalue weighted by Crippen LogP contribution is -2.17. The molecule has 1 unspecified atom stereocenters. The van der Waals surface area contributed by atoms with Crippen LogP contribution >= 0.6 is 0 Å². The molecule has 0 saturated carbocycles. The molecule has 0 radical (unpaired) electrons. The maximum absolute atomic E-state index is 14.4. The van der Waals surface area contributed by atoms with E-state index in [0.717, 1.165) is 11.1 Å². The molecule has 2 rings (SSSR count). The summed E-state index contributed by atoms with van der Waals surface area (Å²) in [6.45, 7) is 5.14. The van der Waals surface area contributed by atoms with E-state index in [1.165, 1.54) is 12.1 Å². The van der Waals surface area contributed by atoms with Gasteiger partial charge in [-0.05, 0) is 38.0 Å². The summed E-state index contributed by atoms with van der Waals surface area (Å²) in [4.78, 5) is 23.5. The van der Waals surface area contributed by atoms with Crippen LogP contribution in [0, 0.1) is 5.82 Å². The van der Waals surface area contributed by atoms with Crippen molar-refractivity contribution in [2.45, 2.75) is 26.7 Å². The van der Waals surface area contributed by atoms with E-state index in [4.69, 9.17) is 9.47 Å². The summed E-state index contributed by atoms with van der Waals surface area (Å²) in [6.07, 6.45) is 1.36. The van der Waals surface area contributed by atoms with Crippen LogP contribution < -0.4 is 0 Å². The van der Waals surface area contributed by atoms with Gasteiger partial charge in [0, 0.05) is 11.6 Å². The van der Waals surface area contributed by atoms with Crippen LogP contribution in [0.3, 0.4) is 0 Å². The van der Waals surface area contributed by atoms with Gasteiger partial charge in [0.25, 0.3) is 0 Å². The Morgan fingerprint density at radius 1 is 1.04 bits per heavy atom. The van der Waals surface area contributed by atoms with Gasteiger partial charge in [0.05, 0.1) is 5.92 Å². The van der Waals surface area contributed by atoms with Gasteiger partial charge >= 0.3 is 11.9 Å². The van der Waals surface area contributed by atoms with Gasteiger partial charge in [-0.3, -0.25) is 4.79 Å². The average Bonchev–Trinajstić information content (AvgIpc) is 2.64. The molecule has 0 aliphatic rings. The van der Waals surface area contributed by atoms with Crippen molar-refractivity contribution in [1.29, 1.82) is 0 Å². The quantitative estimate of drug-likeness (QED) is 0.404. The maximum atomic E-state index is 14.4. The minimum atomic E-state index is -0.627. The van der Waals surface area contributed by atoms with Crippen molar-refractivity contribution < 1.29 is 23.5 Å². The minimum Gasteiger partial charge on any atom is -0.462 e. The van der Waals surface area contributed by atoms with Crippen molar-refractivity contribution in [3.05, 3.63) is 71.6 Å². The number of esters is 2. The first-order chi connectivity index (χ1) is 12.9. The van der Waals surface area contributed by atoms with E-state index in [0.29, 0.717) is 11.1 Å². The molecule has 0 aliphatic heterocycles. The third kappa shape index (κ3) is 6.06. The summed E-state index contributed by atoms with van der Waals surface area (Å²) in [5, 5.41) is 0. The van der Waals surface area contributed by atoms with E-state index < -0.39 is 23.7 Å². The van der Waals surface area contributed by atoms with Gasteiger partial charge in [-0.15, -0.1) is 0 Å². The molecule has 0 N–H and O–H groups in total. The van der Waals surface area contributed by atoms with Gasteiger partial charge in [-0.25, -0.2) is 9.18 Å². The zero-order valence-electron chi connectivity index (χ0n) is 15.7. The van der Waals surface area contributed by atoms with Gasteiger partial charge in [-0.1, -0.05) is 48.0 Å². The molecule has 2 aromatic carbocycles. The predicted octanol–water partition coefficient (Wildman–Crippen LogP) is 4.65. The minimum absolute atomic E-state index is 0.0254. The van der Waals surface area contributed by atoms with Crippen molar-refractivity contribution >= 4 is 11.9 Å². The van der Waals surface area contributed by atoms with Crippen LogP contribution in [0.5, 0.6) is 0 Å². The van der Waals surface area contributed by atoms with E-state index in [1.54, 1.807) is 32.9 Å². The van der Waals surface area contributed by atoms with Crippen LogP contribution in [0.25, 0.3) is 11.1 Å². The smallest absolute Gasteiger partial charge is 0.330 e. The fourth-order valence-corrected chi connectivity index (χ4v) is 2.48. The zero-order valence-corrected chi connectivity index (χ0v) is 15.7. The van der Waals surface area contributed by atoms with Gasteiger partial charge in [0.2, 0.25) is 0 Å². The molecule has 0 aromatic heterocycles. The molecule has 0 fully saturated rings.